The number of likely N-dealkylation sites (N-methyl/N-ethyl adjacent to an activating group) is 1. The van der Waals surface area contributed by atoms with Crippen molar-refractivity contribution in [3.05, 3.63) is 11.1 Å². The van der Waals surface area contributed by atoms with E-state index in [1.54, 1.807) is 4.90 Å². The van der Waals surface area contributed by atoms with Crippen LogP contribution in [0.4, 0.5) is 5.13 Å². The van der Waals surface area contributed by atoms with Crippen molar-refractivity contribution in [1.82, 2.24) is 14.8 Å². The van der Waals surface area contributed by atoms with E-state index in [-0.39, 0.29) is 11.8 Å². The van der Waals surface area contributed by atoms with Gasteiger partial charge in [-0.05, 0) is 26.4 Å². The molecule has 1 aromatic rings. The topological polar surface area (TPSA) is 56.8 Å². The van der Waals surface area contributed by atoms with Gasteiger partial charge < -0.3 is 9.80 Å². The van der Waals surface area contributed by atoms with Crippen LogP contribution in [0.1, 0.15) is 25.0 Å². The summed E-state index contributed by atoms with van der Waals surface area (Å²) < 4.78 is 0. The van der Waals surface area contributed by atoms with Gasteiger partial charge in [0.15, 0.2) is 5.13 Å². The Kier molecular flexibility index (Phi) is 4.73. The molecule has 3 heterocycles. The molecule has 3 rings (SSSR count). The fourth-order valence-electron chi connectivity index (χ4n) is 2.91. The number of carbonyl (C=O) groups excluding carboxylic acids is 2. The molecular weight excluding hydrogens is 300 g/mol. The maximum absolute atomic E-state index is 12.4. The summed E-state index contributed by atoms with van der Waals surface area (Å²) in [5, 5.41) is 2.64. The zero-order valence-electron chi connectivity index (χ0n) is 13.0. The Labute approximate surface area is 134 Å². The summed E-state index contributed by atoms with van der Waals surface area (Å²) >= 11 is 1.46. The van der Waals surface area contributed by atoms with Crippen LogP contribution in [-0.4, -0.2) is 66.4 Å². The van der Waals surface area contributed by atoms with Crippen LogP contribution in [0.5, 0.6) is 0 Å². The summed E-state index contributed by atoms with van der Waals surface area (Å²) in [6, 6.07) is 0. The zero-order valence-corrected chi connectivity index (χ0v) is 13.8. The van der Waals surface area contributed by atoms with Gasteiger partial charge in [0.2, 0.25) is 11.8 Å². The lowest BCUT2D eigenvalue weighted by Crippen LogP contribution is -2.35. The highest BCUT2D eigenvalue weighted by molar-refractivity contribution is 7.14. The smallest absolute Gasteiger partial charge is 0.228 e. The molecule has 1 aromatic heterocycles. The second-order valence-electron chi connectivity index (χ2n) is 5.98. The van der Waals surface area contributed by atoms with E-state index in [4.69, 9.17) is 0 Å². The van der Waals surface area contributed by atoms with Crippen molar-refractivity contribution in [2.24, 2.45) is 0 Å². The highest BCUT2D eigenvalue weighted by Crippen LogP contribution is 2.25. The predicted molar refractivity (Wildman–Crippen MR) is 86.1 cm³/mol. The van der Waals surface area contributed by atoms with E-state index < -0.39 is 0 Å². The Balaban J connectivity index is 1.59. The van der Waals surface area contributed by atoms with Gasteiger partial charge in [-0.15, -0.1) is 11.3 Å². The number of aromatic nitrogens is 1. The highest BCUT2D eigenvalue weighted by atomic mass is 32.1. The summed E-state index contributed by atoms with van der Waals surface area (Å²) in [5.41, 5.74) is 0.780. The SMILES string of the molecule is CN1CCCN(C(=O)Cc2csc(N3CCCC3=O)n2)CC1. The van der Waals surface area contributed by atoms with Crippen LogP contribution in [-0.2, 0) is 16.0 Å². The van der Waals surface area contributed by atoms with E-state index in [1.165, 1.54) is 11.3 Å². The van der Waals surface area contributed by atoms with Gasteiger partial charge in [-0.3, -0.25) is 14.5 Å². The average Bonchev–Trinajstić information content (AvgIpc) is 3.05. The lowest BCUT2D eigenvalue weighted by Gasteiger charge is -2.20. The molecule has 2 fully saturated rings. The molecule has 2 amide bonds. The standard InChI is InChI=1S/C15H22N4O2S/c1-17-5-3-6-18(9-8-17)14(21)10-12-11-22-15(16-12)19-7-2-4-13(19)20/h11H,2-10H2,1H3. The molecule has 0 aromatic carbocycles. The van der Waals surface area contributed by atoms with Crippen molar-refractivity contribution < 1.29 is 9.59 Å². The van der Waals surface area contributed by atoms with Crippen LogP contribution >= 0.6 is 11.3 Å². The van der Waals surface area contributed by atoms with Gasteiger partial charge >= 0.3 is 0 Å². The second-order valence-corrected chi connectivity index (χ2v) is 6.82. The number of hydrogen-bond acceptors (Lipinski definition) is 5. The van der Waals surface area contributed by atoms with Crippen LogP contribution < -0.4 is 4.90 Å². The van der Waals surface area contributed by atoms with Crippen molar-refractivity contribution >= 4 is 28.3 Å². The molecule has 0 unspecified atom stereocenters. The Morgan fingerprint density at radius 2 is 2.09 bits per heavy atom. The van der Waals surface area contributed by atoms with Gasteiger partial charge in [0, 0.05) is 38.0 Å². The molecular formula is C15H22N4O2S. The van der Waals surface area contributed by atoms with Crippen molar-refractivity contribution in [2.45, 2.75) is 25.7 Å². The molecule has 0 spiro atoms. The molecule has 0 radical (unpaired) electrons. The van der Waals surface area contributed by atoms with Crippen molar-refractivity contribution in [3.63, 3.8) is 0 Å². The van der Waals surface area contributed by atoms with Crippen molar-refractivity contribution in [1.29, 1.82) is 0 Å². The fourth-order valence-corrected chi connectivity index (χ4v) is 3.78. The number of nitrogens with zero attached hydrogens (tertiary/aromatic N) is 4. The summed E-state index contributed by atoms with van der Waals surface area (Å²) in [6.07, 6.45) is 2.86. The van der Waals surface area contributed by atoms with E-state index >= 15 is 0 Å². The third kappa shape index (κ3) is 3.47. The fraction of sp³-hybridized carbons (Fsp3) is 0.667. The Hall–Kier alpha value is -1.47. The van der Waals surface area contributed by atoms with Gasteiger partial charge in [-0.25, -0.2) is 4.98 Å². The van der Waals surface area contributed by atoms with E-state index in [0.29, 0.717) is 12.8 Å². The number of anilines is 1. The summed E-state index contributed by atoms with van der Waals surface area (Å²) in [6.45, 7) is 4.33. The molecule has 0 atom stereocenters. The van der Waals surface area contributed by atoms with Gasteiger partial charge in [-0.1, -0.05) is 0 Å². The van der Waals surface area contributed by atoms with Crippen LogP contribution in [0, 0.1) is 0 Å². The maximum Gasteiger partial charge on any atom is 0.228 e. The van der Waals surface area contributed by atoms with Gasteiger partial charge in [0.1, 0.15) is 0 Å². The molecule has 22 heavy (non-hydrogen) atoms. The summed E-state index contributed by atoms with van der Waals surface area (Å²) in [5.74, 6) is 0.280. The highest BCUT2D eigenvalue weighted by Gasteiger charge is 2.25. The first kappa shape index (κ1) is 15.4. The maximum atomic E-state index is 12.4. The number of carbonyl (C=O) groups is 2. The molecule has 0 saturated carbocycles. The van der Waals surface area contributed by atoms with Crippen LogP contribution in [0.25, 0.3) is 0 Å². The molecule has 0 bridgehead atoms. The monoisotopic (exact) mass is 322 g/mol. The number of hydrogen-bond donors (Lipinski definition) is 0. The van der Waals surface area contributed by atoms with Crippen molar-refractivity contribution in [2.75, 3.05) is 44.7 Å². The van der Waals surface area contributed by atoms with Crippen LogP contribution in [0.2, 0.25) is 0 Å². The molecule has 0 aliphatic carbocycles. The van der Waals surface area contributed by atoms with E-state index in [2.05, 4.69) is 16.9 Å². The summed E-state index contributed by atoms with van der Waals surface area (Å²) in [4.78, 5) is 34.6. The normalized spacial score (nSPS) is 20.5. The third-order valence-electron chi connectivity index (χ3n) is 4.25. The zero-order chi connectivity index (χ0) is 15.5. The number of amides is 2. The minimum Gasteiger partial charge on any atom is -0.341 e. The Morgan fingerprint density at radius 1 is 1.23 bits per heavy atom. The number of thiazole rings is 1. The molecule has 120 valence electrons. The Bertz CT molecular complexity index is 559. The first-order valence-corrected chi connectivity index (χ1v) is 8.72. The van der Waals surface area contributed by atoms with Crippen molar-refractivity contribution in [3.8, 4) is 0 Å². The predicted octanol–water partition coefficient (Wildman–Crippen LogP) is 0.976. The average molecular weight is 322 g/mol. The molecule has 0 N–H and O–H groups in total. The molecule has 7 heteroatoms. The second kappa shape index (κ2) is 6.75. The first-order chi connectivity index (χ1) is 10.6. The lowest BCUT2D eigenvalue weighted by molar-refractivity contribution is -0.130. The minimum atomic E-state index is 0.139. The lowest BCUT2D eigenvalue weighted by atomic mass is 10.3. The van der Waals surface area contributed by atoms with Gasteiger partial charge in [0.25, 0.3) is 0 Å². The number of rotatable bonds is 3. The van der Waals surface area contributed by atoms with Gasteiger partial charge in [0.05, 0.1) is 12.1 Å². The van der Waals surface area contributed by atoms with E-state index in [9.17, 15) is 9.59 Å². The van der Waals surface area contributed by atoms with Crippen LogP contribution in [0.15, 0.2) is 5.38 Å². The summed E-state index contributed by atoms with van der Waals surface area (Å²) in [7, 11) is 2.09. The molecule has 2 aliphatic rings. The first-order valence-electron chi connectivity index (χ1n) is 7.84. The molecule has 6 nitrogen and oxygen atoms in total. The van der Waals surface area contributed by atoms with E-state index in [0.717, 1.165) is 56.4 Å². The Morgan fingerprint density at radius 3 is 2.86 bits per heavy atom. The van der Waals surface area contributed by atoms with E-state index in [1.807, 2.05) is 10.3 Å². The quantitative estimate of drug-likeness (QED) is 0.832. The minimum absolute atomic E-state index is 0.139. The largest absolute Gasteiger partial charge is 0.341 e. The van der Waals surface area contributed by atoms with Gasteiger partial charge in [-0.2, -0.15) is 0 Å². The molecule has 2 aliphatic heterocycles. The third-order valence-corrected chi connectivity index (χ3v) is 5.16. The molecule has 2 saturated heterocycles. The van der Waals surface area contributed by atoms with Crippen LogP contribution in [0.3, 0.4) is 0 Å².